The fourth-order valence-electron chi connectivity index (χ4n) is 2.68. The fourth-order valence-corrected chi connectivity index (χ4v) is 2.68. The van der Waals surface area contributed by atoms with E-state index in [4.69, 9.17) is 9.47 Å². The third kappa shape index (κ3) is 4.55. The molecule has 0 unspecified atom stereocenters. The van der Waals surface area contributed by atoms with Gasteiger partial charge in [0.1, 0.15) is 0 Å². The molecule has 2 rings (SSSR count). The van der Waals surface area contributed by atoms with E-state index in [1.807, 2.05) is 36.1 Å². The molecule has 0 N–H and O–H groups in total. The summed E-state index contributed by atoms with van der Waals surface area (Å²) in [5, 5.41) is 0. The number of carbonyl (C=O) groups is 1. The number of nitrogens with zero attached hydrogens (tertiary/aromatic N) is 1. The third-order valence-corrected chi connectivity index (χ3v) is 4.06. The number of amides is 1. The van der Waals surface area contributed by atoms with Gasteiger partial charge in [0.25, 0.3) is 5.91 Å². The Morgan fingerprint density at radius 1 is 1.24 bits per heavy atom. The third-order valence-electron chi connectivity index (χ3n) is 4.06. The van der Waals surface area contributed by atoms with Crippen LogP contribution in [0.15, 0.2) is 24.3 Å². The summed E-state index contributed by atoms with van der Waals surface area (Å²) in [6.07, 6.45) is 2.04. The van der Waals surface area contributed by atoms with Gasteiger partial charge in [-0.3, -0.25) is 4.79 Å². The molecule has 1 fully saturated rings. The molecule has 1 aliphatic heterocycles. The highest BCUT2D eigenvalue weighted by Crippen LogP contribution is 2.20. The first kappa shape index (κ1) is 16.0. The molecular weight excluding hydrogens is 266 g/mol. The summed E-state index contributed by atoms with van der Waals surface area (Å²) in [6, 6.07) is 7.80. The van der Waals surface area contributed by atoms with Crippen LogP contribution in [0.3, 0.4) is 0 Å². The largest absolute Gasteiger partial charge is 0.382 e. The minimum atomic E-state index is 0.159. The number of rotatable bonds is 6. The van der Waals surface area contributed by atoms with Crippen molar-refractivity contribution in [3.8, 4) is 0 Å². The van der Waals surface area contributed by atoms with Gasteiger partial charge < -0.3 is 14.4 Å². The number of benzene rings is 1. The zero-order valence-electron chi connectivity index (χ0n) is 13.0. The van der Waals surface area contributed by atoms with Gasteiger partial charge in [-0.25, -0.2) is 0 Å². The lowest BCUT2D eigenvalue weighted by molar-refractivity contribution is 0.0327. The normalized spacial score (nSPS) is 16.2. The van der Waals surface area contributed by atoms with E-state index in [1.165, 1.54) is 0 Å². The quantitative estimate of drug-likeness (QED) is 0.756. The summed E-state index contributed by atoms with van der Waals surface area (Å²) in [7, 11) is 1.68. The van der Waals surface area contributed by atoms with E-state index in [0.29, 0.717) is 19.1 Å². The molecule has 0 radical (unpaired) electrons. The van der Waals surface area contributed by atoms with Crippen LogP contribution < -0.4 is 0 Å². The summed E-state index contributed by atoms with van der Waals surface area (Å²) < 4.78 is 10.5. The number of methoxy groups -OCH3 is 1. The summed E-state index contributed by atoms with van der Waals surface area (Å²) in [5.41, 5.74) is 1.87. The van der Waals surface area contributed by atoms with Crippen LogP contribution in [0.4, 0.5) is 0 Å². The first-order valence-electron chi connectivity index (χ1n) is 7.64. The second-order valence-corrected chi connectivity index (χ2v) is 5.62. The number of hydrogen-bond donors (Lipinski definition) is 0. The maximum Gasteiger partial charge on any atom is 0.254 e. The molecule has 0 atom stereocenters. The molecule has 0 spiro atoms. The maximum atomic E-state index is 12.5. The van der Waals surface area contributed by atoms with Crippen molar-refractivity contribution in [3.05, 3.63) is 35.4 Å². The first-order valence-corrected chi connectivity index (χ1v) is 7.64. The molecule has 1 saturated heterocycles. The minimum absolute atomic E-state index is 0.159. The van der Waals surface area contributed by atoms with Crippen molar-refractivity contribution >= 4 is 5.91 Å². The lowest BCUT2D eigenvalue weighted by Crippen LogP contribution is -2.39. The minimum Gasteiger partial charge on any atom is -0.382 e. The predicted molar refractivity (Wildman–Crippen MR) is 82.5 cm³/mol. The summed E-state index contributed by atoms with van der Waals surface area (Å²) in [6.45, 7) is 5.71. The van der Waals surface area contributed by atoms with Crippen molar-refractivity contribution in [3.63, 3.8) is 0 Å². The lowest BCUT2D eigenvalue weighted by atomic mass is 9.97. The van der Waals surface area contributed by atoms with E-state index in [9.17, 15) is 4.79 Å². The molecule has 0 bridgehead atoms. The van der Waals surface area contributed by atoms with Crippen molar-refractivity contribution < 1.29 is 14.3 Å². The summed E-state index contributed by atoms with van der Waals surface area (Å²) in [4.78, 5) is 14.5. The highest BCUT2D eigenvalue weighted by atomic mass is 16.5. The van der Waals surface area contributed by atoms with Crippen LogP contribution in [-0.4, -0.2) is 50.8 Å². The van der Waals surface area contributed by atoms with Gasteiger partial charge in [-0.05, 0) is 37.3 Å². The molecule has 0 saturated carbocycles. The average molecular weight is 291 g/mol. The summed E-state index contributed by atoms with van der Waals surface area (Å²) >= 11 is 0. The Balaban J connectivity index is 1.78. The van der Waals surface area contributed by atoms with Crippen molar-refractivity contribution in [1.82, 2.24) is 4.90 Å². The number of carbonyl (C=O) groups excluding carboxylic acids is 1. The van der Waals surface area contributed by atoms with Gasteiger partial charge in [-0.2, -0.15) is 0 Å². The number of hydrogen-bond acceptors (Lipinski definition) is 3. The van der Waals surface area contributed by atoms with E-state index in [0.717, 1.165) is 43.7 Å². The van der Waals surface area contributed by atoms with Crippen LogP contribution in [-0.2, 0) is 9.47 Å². The van der Waals surface area contributed by atoms with Gasteiger partial charge in [-0.15, -0.1) is 0 Å². The smallest absolute Gasteiger partial charge is 0.254 e. The number of likely N-dealkylation sites (tertiary alicyclic amines) is 1. The second-order valence-electron chi connectivity index (χ2n) is 5.62. The number of aryl methyl sites for hydroxylation is 1. The molecule has 4 nitrogen and oxygen atoms in total. The Labute approximate surface area is 127 Å². The van der Waals surface area contributed by atoms with Crippen molar-refractivity contribution in [1.29, 1.82) is 0 Å². The lowest BCUT2D eigenvalue weighted by Gasteiger charge is -2.32. The van der Waals surface area contributed by atoms with E-state index >= 15 is 0 Å². The molecule has 4 heteroatoms. The van der Waals surface area contributed by atoms with Gasteiger partial charge >= 0.3 is 0 Å². The predicted octanol–water partition coefficient (Wildman–Crippen LogP) is 2.51. The van der Waals surface area contributed by atoms with Crippen LogP contribution in [0, 0.1) is 12.8 Å². The van der Waals surface area contributed by atoms with Crippen molar-refractivity contribution in [2.75, 3.05) is 40.0 Å². The Hall–Kier alpha value is -1.39. The Morgan fingerprint density at radius 3 is 2.62 bits per heavy atom. The van der Waals surface area contributed by atoms with E-state index in [-0.39, 0.29) is 5.91 Å². The van der Waals surface area contributed by atoms with Crippen LogP contribution >= 0.6 is 0 Å². The summed E-state index contributed by atoms with van der Waals surface area (Å²) in [5.74, 6) is 0.717. The molecule has 1 aromatic carbocycles. The zero-order chi connectivity index (χ0) is 15.1. The molecule has 1 aliphatic rings. The van der Waals surface area contributed by atoms with Crippen molar-refractivity contribution in [2.45, 2.75) is 19.8 Å². The number of piperidine rings is 1. The van der Waals surface area contributed by atoms with Crippen molar-refractivity contribution in [2.24, 2.45) is 5.92 Å². The molecule has 0 aromatic heterocycles. The molecule has 1 aromatic rings. The molecule has 21 heavy (non-hydrogen) atoms. The van der Waals surface area contributed by atoms with Gasteiger partial charge in [0.2, 0.25) is 0 Å². The molecule has 116 valence electrons. The van der Waals surface area contributed by atoms with E-state index in [1.54, 1.807) is 7.11 Å². The highest BCUT2D eigenvalue weighted by Gasteiger charge is 2.24. The zero-order valence-corrected chi connectivity index (χ0v) is 13.0. The van der Waals surface area contributed by atoms with Crippen LogP contribution in [0.5, 0.6) is 0 Å². The molecule has 1 heterocycles. The van der Waals surface area contributed by atoms with E-state index < -0.39 is 0 Å². The van der Waals surface area contributed by atoms with Gasteiger partial charge in [0, 0.05) is 32.4 Å². The van der Waals surface area contributed by atoms with Crippen LogP contribution in [0.25, 0.3) is 0 Å². The Kier molecular flexibility index (Phi) is 6.21. The molecular formula is C17H25NO3. The molecule has 0 aliphatic carbocycles. The molecule has 1 amide bonds. The van der Waals surface area contributed by atoms with Gasteiger partial charge in [0.05, 0.1) is 13.2 Å². The van der Waals surface area contributed by atoms with E-state index in [2.05, 4.69) is 0 Å². The topological polar surface area (TPSA) is 38.8 Å². The highest BCUT2D eigenvalue weighted by molar-refractivity contribution is 5.95. The average Bonchev–Trinajstić information content (AvgIpc) is 2.52. The SMILES string of the molecule is COCCOCC1CCN(C(=O)c2ccccc2C)CC1. The van der Waals surface area contributed by atoms with Gasteiger partial charge in [0.15, 0.2) is 0 Å². The first-order chi connectivity index (χ1) is 10.2. The number of ether oxygens (including phenoxy) is 2. The van der Waals surface area contributed by atoms with Crippen LogP contribution in [0.1, 0.15) is 28.8 Å². The Bertz CT molecular complexity index is 453. The van der Waals surface area contributed by atoms with Crippen LogP contribution in [0.2, 0.25) is 0 Å². The standard InChI is InChI=1S/C17H25NO3/c1-14-5-3-4-6-16(14)17(19)18-9-7-15(8-10-18)13-21-12-11-20-2/h3-6,15H,7-13H2,1-2H3. The monoisotopic (exact) mass is 291 g/mol. The van der Waals surface area contributed by atoms with Gasteiger partial charge in [-0.1, -0.05) is 18.2 Å². The Morgan fingerprint density at radius 2 is 1.95 bits per heavy atom. The fraction of sp³-hybridized carbons (Fsp3) is 0.588. The maximum absolute atomic E-state index is 12.5. The second kappa shape index (κ2) is 8.15.